The maximum Gasteiger partial charge on any atom is 0.239 e. The van der Waals surface area contributed by atoms with E-state index in [1.807, 2.05) is 72.8 Å². The molecule has 1 spiro atoms. The van der Waals surface area contributed by atoms with Gasteiger partial charge in [-0.25, -0.2) is 4.98 Å². The minimum absolute atomic E-state index is 0.456. The number of hydrogen-bond acceptors (Lipinski definition) is 5. The molecule has 65 heavy (non-hydrogen) atoms. The monoisotopic (exact) mass is 833 g/mol. The highest BCUT2D eigenvalue weighted by atomic mass is 16.3. The molecule has 2 aliphatic carbocycles. The quantitative estimate of drug-likeness (QED) is 0.165. The van der Waals surface area contributed by atoms with Gasteiger partial charge in [-0.1, -0.05) is 164 Å². The summed E-state index contributed by atoms with van der Waals surface area (Å²) in [5, 5.41) is 0. The highest BCUT2D eigenvalue weighted by molar-refractivity contribution is 6.00. The van der Waals surface area contributed by atoms with Crippen LogP contribution in [0.5, 0.6) is 0 Å². The first-order valence-electron chi connectivity index (χ1n) is 21.9. The first-order chi connectivity index (χ1) is 32.2. The molecule has 2 aliphatic rings. The minimum Gasteiger partial charge on any atom is -0.453 e. The van der Waals surface area contributed by atoms with Crippen LogP contribution in [0.1, 0.15) is 22.3 Å². The van der Waals surface area contributed by atoms with E-state index < -0.39 is 5.41 Å². The predicted octanol–water partition coefficient (Wildman–Crippen LogP) is 14.1. The van der Waals surface area contributed by atoms with Crippen LogP contribution in [0, 0.1) is 0 Å². The summed E-state index contributed by atoms with van der Waals surface area (Å²) in [4.78, 5) is 16.2. The smallest absolute Gasteiger partial charge is 0.239 e. The van der Waals surface area contributed by atoms with Crippen molar-refractivity contribution in [3.05, 3.63) is 235 Å². The maximum absolute atomic E-state index is 6.81. The second-order valence-corrected chi connectivity index (χ2v) is 16.7. The number of hydrogen-bond donors (Lipinski definition) is 0. The number of benzene rings is 9. The zero-order chi connectivity index (χ0) is 42.6. The molecule has 0 saturated heterocycles. The third kappa shape index (κ3) is 5.03. The zero-order valence-electron chi connectivity index (χ0n) is 34.8. The normalized spacial score (nSPS) is 13.0. The lowest BCUT2D eigenvalue weighted by Gasteiger charge is -2.30. The van der Waals surface area contributed by atoms with Crippen LogP contribution in [0.3, 0.4) is 0 Å². The van der Waals surface area contributed by atoms with Crippen molar-refractivity contribution in [1.82, 2.24) is 24.1 Å². The molecule has 9 aromatic carbocycles. The summed E-state index contributed by atoms with van der Waals surface area (Å²) in [5.74, 6) is 1.59. The molecule has 0 saturated carbocycles. The van der Waals surface area contributed by atoms with Gasteiger partial charge in [0.25, 0.3) is 0 Å². The van der Waals surface area contributed by atoms with Gasteiger partial charge in [0, 0.05) is 28.9 Å². The van der Waals surface area contributed by atoms with E-state index >= 15 is 0 Å². The lowest BCUT2D eigenvalue weighted by molar-refractivity contribution is 0.643. The van der Waals surface area contributed by atoms with Gasteiger partial charge in [-0.15, -0.1) is 0 Å². The van der Waals surface area contributed by atoms with E-state index in [9.17, 15) is 0 Å². The van der Waals surface area contributed by atoms with Gasteiger partial charge < -0.3 is 13.4 Å². The molecule has 0 unspecified atom stereocenters. The average molecular weight is 834 g/mol. The number of nitrogens with zero attached hydrogens (tertiary/aromatic N) is 5. The largest absolute Gasteiger partial charge is 0.453 e. The molecule has 0 fully saturated rings. The predicted molar refractivity (Wildman–Crippen MR) is 258 cm³/mol. The van der Waals surface area contributed by atoms with Crippen molar-refractivity contribution in [2.24, 2.45) is 0 Å². The van der Waals surface area contributed by atoms with Gasteiger partial charge in [-0.3, -0.25) is 4.57 Å². The number of fused-ring (bicyclic) bond motifs is 14. The fourth-order valence-electron chi connectivity index (χ4n) is 10.7. The number of aromatic nitrogens is 5. The Balaban J connectivity index is 1.07. The molecular formula is C58H35N5O2. The van der Waals surface area contributed by atoms with Crippen LogP contribution in [-0.4, -0.2) is 24.1 Å². The molecule has 0 radical (unpaired) electrons. The third-order valence-corrected chi connectivity index (χ3v) is 13.3. The van der Waals surface area contributed by atoms with Gasteiger partial charge in [0.2, 0.25) is 5.95 Å². The molecule has 3 heterocycles. The average Bonchev–Trinajstić information content (AvgIpc) is 3.85. The van der Waals surface area contributed by atoms with Crippen molar-refractivity contribution < 1.29 is 8.83 Å². The van der Waals surface area contributed by atoms with Crippen LogP contribution in [-0.2, 0) is 5.41 Å². The standard InChI is InChI=1S/C58H35N5O2/c1-3-18-36(19-4-1)55-59-56(41-25-17-29-45-54(41)40-24-9-12-28-44(40)58(45)42-26-10-7-22-38(42)39-23-8-11-27-43(39)58)61-57(60-55)63-47-31-14-16-33-51(47)65-53-34-48-52(35-49(53)63)64-50-32-15-13-30-46(50)62(48)37-20-5-2-6-21-37/h1-35H. The Morgan fingerprint density at radius 1 is 0.338 bits per heavy atom. The number of para-hydroxylation sites is 5. The summed E-state index contributed by atoms with van der Waals surface area (Å²) in [6, 6.07) is 74.0. The van der Waals surface area contributed by atoms with Crippen LogP contribution in [0.2, 0.25) is 0 Å². The molecule has 12 aromatic rings. The Bertz CT molecular complexity index is 3920. The Morgan fingerprint density at radius 2 is 0.815 bits per heavy atom. The summed E-state index contributed by atoms with van der Waals surface area (Å²) in [7, 11) is 0. The van der Waals surface area contributed by atoms with Gasteiger partial charge in [-0.05, 0) is 80.9 Å². The Kier molecular flexibility index (Phi) is 7.48. The summed E-state index contributed by atoms with van der Waals surface area (Å²) < 4.78 is 17.9. The molecule has 0 aliphatic heterocycles. The maximum atomic E-state index is 6.81. The van der Waals surface area contributed by atoms with Crippen molar-refractivity contribution in [2.45, 2.75) is 5.41 Å². The fraction of sp³-hybridized carbons (Fsp3) is 0.0172. The molecular weight excluding hydrogens is 799 g/mol. The minimum atomic E-state index is -0.513. The van der Waals surface area contributed by atoms with E-state index in [0.29, 0.717) is 34.3 Å². The van der Waals surface area contributed by atoms with Gasteiger partial charge in [0.15, 0.2) is 34.0 Å². The topological polar surface area (TPSA) is 74.8 Å². The first-order valence-corrected chi connectivity index (χ1v) is 21.9. The van der Waals surface area contributed by atoms with Crippen molar-refractivity contribution in [3.8, 4) is 56.7 Å². The lowest BCUT2D eigenvalue weighted by Crippen LogP contribution is -2.25. The second-order valence-electron chi connectivity index (χ2n) is 16.7. The van der Waals surface area contributed by atoms with E-state index in [1.54, 1.807) is 0 Å². The third-order valence-electron chi connectivity index (χ3n) is 13.3. The van der Waals surface area contributed by atoms with Gasteiger partial charge in [-0.2, -0.15) is 9.97 Å². The zero-order valence-corrected chi connectivity index (χ0v) is 34.8. The Morgan fingerprint density at radius 3 is 1.48 bits per heavy atom. The molecule has 7 nitrogen and oxygen atoms in total. The summed E-state index contributed by atoms with van der Waals surface area (Å²) >= 11 is 0. The van der Waals surface area contributed by atoms with Crippen molar-refractivity contribution in [2.75, 3.05) is 0 Å². The van der Waals surface area contributed by atoms with Crippen molar-refractivity contribution >= 4 is 44.4 Å². The molecule has 7 heteroatoms. The number of rotatable bonds is 4. The van der Waals surface area contributed by atoms with E-state index in [4.69, 9.17) is 23.8 Å². The highest BCUT2D eigenvalue weighted by Crippen LogP contribution is 2.63. The van der Waals surface area contributed by atoms with Crippen LogP contribution < -0.4 is 0 Å². The summed E-state index contributed by atoms with van der Waals surface area (Å²) in [6.07, 6.45) is 0. The molecule has 0 atom stereocenters. The van der Waals surface area contributed by atoms with Gasteiger partial charge in [0.05, 0.1) is 27.5 Å². The van der Waals surface area contributed by atoms with E-state index in [2.05, 4.69) is 149 Å². The highest BCUT2D eigenvalue weighted by Gasteiger charge is 2.52. The SMILES string of the molecule is c1ccc(-c2nc(-c3cccc4c3-c3ccccc3C43c4ccccc4-c4ccccc43)nc(-n3c4ccccc4oc4cc5c(cc43)oc3ccccc3n5-c3ccccc3)n2)cc1. The molecule has 0 bridgehead atoms. The summed E-state index contributed by atoms with van der Waals surface area (Å²) in [6.45, 7) is 0. The fourth-order valence-corrected chi connectivity index (χ4v) is 10.7. The first kappa shape index (κ1) is 35.8. The summed E-state index contributed by atoms with van der Waals surface area (Å²) in [5.41, 5.74) is 18.3. The van der Waals surface area contributed by atoms with Crippen LogP contribution >= 0.6 is 0 Å². The van der Waals surface area contributed by atoms with Crippen LogP contribution in [0.25, 0.3) is 101 Å². The Hall–Kier alpha value is -8.81. The van der Waals surface area contributed by atoms with E-state index in [-0.39, 0.29) is 0 Å². The van der Waals surface area contributed by atoms with Crippen molar-refractivity contribution in [1.29, 1.82) is 0 Å². The molecule has 0 N–H and O–H groups in total. The van der Waals surface area contributed by atoms with Crippen LogP contribution in [0.4, 0.5) is 0 Å². The molecule has 3 aromatic heterocycles. The Labute approximate surface area is 372 Å². The second kappa shape index (κ2) is 13.6. The molecule has 14 rings (SSSR count). The van der Waals surface area contributed by atoms with Gasteiger partial charge in [0.1, 0.15) is 0 Å². The van der Waals surface area contributed by atoms with Crippen molar-refractivity contribution in [3.63, 3.8) is 0 Å². The van der Waals surface area contributed by atoms with Gasteiger partial charge >= 0.3 is 0 Å². The lowest BCUT2D eigenvalue weighted by atomic mass is 9.70. The molecule has 304 valence electrons. The van der Waals surface area contributed by atoms with Crippen LogP contribution in [0.15, 0.2) is 221 Å². The van der Waals surface area contributed by atoms with E-state index in [0.717, 1.165) is 50.0 Å². The van der Waals surface area contributed by atoms with E-state index in [1.165, 1.54) is 38.9 Å². The molecule has 0 amide bonds.